The van der Waals surface area contributed by atoms with E-state index in [0.717, 1.165) is 31.0 Å². The number of rotatable bonds is 7. The highest BCUT2D eigenvalue weighted by Gasteiger charge is 2.07. The molecule has 0 aromatic carbocycles. The van der Waals surface area contributed by atoms with Gasteiger partial charge in [-0.25, -0.2) is 4.98 Å². The quantitative estimate of drug-likeness (QED) is 0.854. The smallest absolute Gasteiger partial charge is 0.0798 e. The Labute approximate surface area is 131 Å². The molecule has 0 aliphatic rings. The SMILES string of the molecule is Cc1ncsc1CN(C)Cc1ccc(CNC(C)C)cn1. The van der Waals surface area contributed by atoms with Crippen LogP contribution in [0.4, 0.5) is 0 Å². The largest absolute Gasteiger partial charge is 0.310 e. The van der Waals surface area contributed by atoms with Crippen LogP contribution in [0.2, 0.25) is 0 Å². The average molecular weight is 304 g/mol. The van der Waals surface area contributed by atoms with E-state index in [1.165, 1.54) is 10.4 Å². The summed E-state index contributed by atoms with van der Waals surface area (Å²) in [5.41, 5.74) is 5.38. The number of aryl methyl sites for hydroxylation is 1. The van der Waals surface area contributed by atoms with Gasteiger partial charge in [-0.15, -0.1) is 11.3 Å². The predicted molar refractivity (Wildman–Crippen MR) is 88.2 cm³/mol. The van der Waals surface area contributed by atoms with E-state index in [0.29, 0.717) is 6.04 Å². The minimum atomic E-state index is 0.499. The molecule has 4 nitrogen and oxygen atoms in total. The molecule has 1 N–H and O–H groups in total. The van der Waals surface area contributed by atoms with Crippen molar-refractivity contribution >= 4 is 11.3 Å². The first-order valence-corrected chi connectivity index (χ1v) is 8.17. The molecule has 0 saturated carbocycles. The van der Waals surface area contributed by atoms with Crippen molar-refractivity contribution in [1.29, 1.82) is 0 Å². The normalized spacial score (nSPS) is 11.5. The van der Waals surface area contributed by atoms with Gasteiger partial charge < -0.3 is 5.32 Å². The molecule has 2 aromatic heterocycles. The van der Waals surface area contributed by atoms with Gasteiger partial charge in [0.05, 0.1) is 16.9 Å². The van der Waals surface area contributed by atoms with E-state index in [-0.39, 0.29) is 0 Å². The van der Waals surface area contributed by atoms with Crippen molar-refractivity contribution < 1.29 is 0 Å². The van der Waals surface area contributed by atoms with Crippen LogP contribution in [0.15, 0.2) is 23.8 Å². The lowest BCUT2D eigenvalue weighted by Crippen LogP contribution is -2.22. The number of pyridine rings is 1. The molecule has 114 valence electrons. The summed E-state index contributed by atoms with van der Waals surface area (Å²) < 4.78 is 0. The van der Waals surface area contributed by atoms with Crippen LogP contribution in [0.5, 0.6) is 0 Å². The topological polar surface area (TPSA) is 41.1 Å². The first-order valence-electron chi connectivity index (χ1n) is 7.29. The summed E-state index contributed by atoms with van der Waals surface area (Å²) in [6.45, 7) is 9.02. The average Bonchev–Trinajstić information content (AvgIpc) is 2.83. The fourth-order valence-corrected chi connectivity index (χ4v) is 2.89. The Morgan fingerprint density at radius 2 is 2.05 bits per heavy atom. The summed E-state index contributed by atoms with van der Waals surface area (Å²) in [6, 6.07) is 4.77. The molecular weight excluding hydrogens is 280 g/mol. The highest BCUT2D eigenvalue weighted by Crippen LogP contribution is 2.15. The van der Waals surface area contributed by atoms with E-state index in [4.69, 9.17) is 0 Å². The van der Waals surface area contributed by atoms with Gasteiger partial charge >= 0.3 is 0 Å². The minimum Gasteiger partial charge on any atom is -0.310 e. The molecule has 5 heteroatoms. The second kappa shape index (κ2) is 7.64. The van der Waals surface area contributed by atoms with Crippen LogP contribution in [0.3, 0.4) is 0 Å². The van der Waals surface area contributed by atoms with Crippen LogP contribution in [0.25, 0.3) is 0 Å². The second-order valence-electron chi connectivity index (χ2n) is 5.73. The number of nitrogens with zero attached hydrogens (tertiary/aromatic N) is 3. The Kier molecular flexibility index (Phi) is 5.85. The molecule has 0 bridgehead atoms. The van der Waals surface area contributed by atoms with Crippen molar-refractivity contribution in [3.8, 4) is 0 Å². The van der Waals surface area contributed by atoms with Gasteiger partial charge in [0.15, 0.2) is 0 Å². The van der Waals surface area contributed by atoms with Crippen molar-refractivity contribution in [1.82, 2.24) is 20.2 Å². The van der Waals surface area contributed by atoms with E-state index in [9.17, 15) is 0 Å². The molecule has 2 rings (SSSR count). The van der Waals surface area contributed by atoms with Crippen molar-refractivity contribution in [2.24, 2.45) is 0 Å². The summed E-state index contributed by atoms with van der Waals surface area (Å²) in [5, 5.41) is 3.40. The van der Waals surface area contributed by atoms with Gasteiger partial charge in [0, 0.05) is 36.8 Å². The highest BCUT2D eigenvalue weighted by molar-refractivity contribution is 7.09. The van der Waals surface area contributed by atoms with Crippen LogP contribution in [-0.4, -0.2) is 28.0 Å². The van der Waals surface area contributed by atoms with Gasteiger partial charge in [0.25, 0.3) is 0 Å². The van der Waals surface area contributed by atoms with Gasteiger partial charge in [0.1, 0.15) is 0 Å². The first-order chi connectivity index (χ1) is 10.0. The molecular formula is C16H24N4S. The summed E-state index contributed by atoms with van der Waals surface area (Å²) in [7, 11) is 2.12. The molecule has 0 spiro atoms. The van der Waals surface area contributed by atoms with E-state index in [2.05, 4.69) is 60.1 Å². The third kappa shape index (κ3) is 5.19. The van der Waals surface area contributed by atoms with Crippen LogP contribution in [0, 0.1) is 6.92 Å². The Balaban J connectivity index is 1.86. The van der Waals surface area contributed by atoms with E-state index >= 15 is 0 Å². The van der Waals surface area contributed by atoms with Crippen molar-refractivity contribution in [3.05, 3.63) is 45.7 Å². The van der Waals surface area contributed by atoms with Crippen molar-refractivity contribution in [2.45, 2.75) is 46.4 Å². The lowest BCUT2D eigenvalue weighted by molar-refractivity contribution is 0.317. The lowest BCUT2D eigenvalue weighted by atomic mass is 10.2. The van der Waals surface area contributed by atoms with Gasteiger partial charge in [0.2, 0.25) is 0 Å². The fraction of sp³-hybridized carbons (Fsp3) is 0.500. The third-order valence-corrected chi connectivity index (χ3v) is 4.21. The van der Waals surface area contributed by atoms with E-state index < -0.39 is 0 Å². The van der Waals surface area contributed by atoms with Gasteiger partial charge in [-0.1, -0.05) is 19.9 Å². The van der Waals surface area contributed by atoms with Crippen LogP contribution in [-0.2, 0) is 19.6 Å². The first kappa shape index (κ1) is 16.1. The summed E-state index contributed by atoms with van der Waals surface area (Å²) in [4.78, 5) is 12.4. The van der Waals surface area contributed by atoms with Gasteiger partial charge in [-0.2, -0.15) is 0 Å². The van der Waals surface area contributed by atoms with E-state index in [1.54, 1.807) is 11.3 Å². The van der Waals surface area contributed by atoms with Crippen LogP contribution < -0.4 is 5.32 Å². The van der Waals surface area contributed by atoms with Crippen LogP contribution in [0.1, 0.15) is 35.7 Å². The molecule has 0 saturated heterocycles. The Bertz CT molecular complexity index is 548. The number of thiazole rings is 1. The predicted octanol–water partition coefficient (Wildman–Crippen LogP) is 2.98. The van der Waals surface area contributed by atoms with Crippen LogP contribution >= 0.6 is 11.3 Å². The number of nitrogens with one attached hydrogen (secondary N) is 1. The second-order valence-corrected chi connectivity index (χ2v) is 6.67. The molecule has 0 aliphatic heterocycles. The Morgan fingerprint density at radius 1 is 1.24 bits per heavy atom. The zero-order chi connectivity index (χ0) is 15.2. The molecule has 0 fully saturated rings. The molecule has 0 unspecified atom stereocenters. The third-order valence-electron chi connectivity index (χ3n) is 3.29. The van der Waals surface area contributed by atoms with Gasteiger partial charge in [-0.3, -0.25) is 9.88 Å². The van der Waals surface area contributed by atoms with Gasteiger partial charge in [-0.05, 0) is 25.6 Å². The molecule has 0 radical (unpaired) electrons. The number of hydrogen-bond acceptors (Lipinski definition) is 5. The number of hydrogen-bond donors (Lipinski definition) is 1. The summed E-state index contributed by atoms with van der Waals surface area (Å²) in [5.74, 6) is 0. The monoisotopic (exact) mass is 304 g/mol. The maximum Gasteiger partial charge on any atom is 0.0798 e. The molecule has 21 heavy (non-hydrogen) atoms. The summed E-state index contributed by atoms with van der Waals surface area (Å²) in [6.07, 6.45) is 1.97. The zero-order valence-electron chi connectivity index (χ0n) is 13.3. The van der Waals surface area contributed by atoms with Crippen molar-refractivity contribution in [2.75, 3.05) is 7.05 Å². The Hall–Kier alpha value is -1.30. The molecule has 2 aromatic rings. The Morgan fingerprint density at radius 3 is 2.62 bits per heavy atom. The standard InChI is InChI=1S/C16H24N4S/c1-12(2)17-7-14-5-6-15(18-8-14)9-20(4)10-16-13(3)19-11-21-16/h5-6,8,11-12,17H,7,9-10H2,1-4H3. The minimum absolute atomic E-state index is 0.499. The molecule has 0 aliphatic carbocycles. The highest BCUT2D eigenvalue weighted by atomic mass is 32.1. The zero-order valence-corrected chi connectivity index (χ0v) is 14.1. The maximum absolute atomic E-state index is 4.55. The maximum atomic E-state index is 4.55. The lowest BCUT2D eigenvalue weighted by Gasteiger charge is -2.15. The summed E-state index contributed by atoms with van der Waals surface area (Å²) >= 11 is 1.72. The molecule has 2 heterocycles. The number of aromatic nitrogens is 2. The van der Waals surface area contributed by atoms with E-state index in [1.807, 2.05) is 11.7 Å². The molecule has 0 amide bonds. The molecule has 0 atom stereocenters. The fourth-order valence-electron chi connectivity index (χ4n) is 2.03. The van der Waals surface area contributed by atoms with Crippen molar-refractivity contribution in [3.63, 3.8) is 0 Å².